The molecule has 0 aliphatic heterocycles. The van der Waals surface area contributed by atoms with Gasteiger partial charge in [-0.2, -0.15) is 0 Å². The summed E-state index contributed by atoms with van der Waals surface area (Å²) >= 11 is 0. The zero-order valence-electron chi connectivity index (χ0n) is 16.1. The Hall–Kier alpha value is -3.34. The predicted octanol–water partition coefficient (Wildman–Crippen LogP) is 4.78. The zero-order valence-corrected chi connectivity index (χ0v) is 16.1. The summed E-state index contributed by atoms with van der Waals surface area (Å²) in [6.07, 6.45) is 2.07. The van der Waals surface area contributed by atoms with Crippen LogP contribution in [0.5, 0.6) is 5.75 Å². The highest BCUT2D eigenvalue weighted by molar-refractivity contribution is 6.04. The third-order valence-corrected chi connectivity index (χ3v) is 4.40. The van der Waals surface area contributed by atoms with E-state index in [1.165, 1.54) is 0 Å². The van der Waals surface area contributed by atoms with Crippen molar-refractivity contribution < 1.29 is 9.53 Å². The van der Waals surface area contributed by atoms with Gasteiger partial charge in [0.05, 0.1) is 6.61 Å². The summed E-state index contributed by atoms with van der Waals surface area (Å²) in [6.45, 7) is 4.78. The lowest BCUT2D eigenvalue weighted by Crippen LogP contribution is -2.23. The molecule has 1 aromatic heterocycles. The third kappa shape index (κ3) is 4.88. The van der Waals surface area contributed by atoms with Crippen LogP contribution in [0.4, 0.5) is 5.69 Å². The number of benzene rings is 2. The van der Waals surface area contributed by atoms with E-state index in [0.29, 0.717) is 18.0 Å². The molecule has 3 aromatic rings. The van der Waals surface area contributed by atoms with Gasteiger partial charge in [-0.3, -0.25) is 9.59 Å². The quantitative estimate of drug-likeness (QED) is 0.583. The maximum absolute atomic E-state index is 12.5. The van der Waals surface area contributed by atoms with Crippen molar-refractivity contribution in [2.24, 2.45) is 0 Å². The van der Waals surface area contributed by atoms with Crippen molar-refractivity contribution in [1.82, 2.24) is 4.98 Å². The number of H-pyrrole nitrogens is 1. The topological polar surface area (TPSA) is 71.2 Å². The Labute approximate surface area is 164 Å². The van der Waals surface area contributed by atoms with Crippen molar-refractivity contribution in [3.63, 3.8) is 0 Å². The standard InChI is InChI=1S/C23H24N2O3/c1-3-4-15-28-19-11-9-18(10-12-19)24-22(26)20-13-14-21(25-23(20)27)17-7-5-16(2)6-8-17/h5-14H,3-4,15H2,1-2H3,(H,24,26)(H,25,27). The number of hydrogen-bond donors (Lipinski definition) is 2. The van der Waals surface area contributed by atoms with Gasteiger partial charge in [0.2, 0.25) is 0 Å². The number of hydrogen-bond acceptors (Lipinski definition) is 3. The molecule has 0 aliphatic rings. The Morgan fingerprint density at radius 1 is 1.00 bits per heavy atom. The SMILES string of the molecule is CCCCOc1ccc(NC(=O)c2ccc(-c3ccc(C)cc3)[nH]c2=O)cc1. The summed E-state index contributed by atoms with van der Waals surface area (Å²) in [5, 5.41) is 2.75. The summed E-state index contributed by atoms with van der Waals surface area (Å²) in [6, 6.07) is 18.2. The van der Waals surface area contributed by atoms with Crippen LogP contribution >= 0.6 is 0 Å². The maximum Gasteiger partial charge on any atom is 0.261 e. The Kier molecular flexibility index (Phi) is 6.27. The van der Waals surface area contributed by atoms with Crippen molar-refractivity contribution >= 4 is 11.6 Å². The van der Waals surface area contributed by atoms with E-state index in [1.54, 1.807) is 36.4 Å². The number of aryl methyl sites for hydroxylation is 1. The van der Waals surface area contributed by atoms with Gasteiger partial charge in [-0.05, 0) is 55.3 Å². The van der Waals surface area contributed by atoms with Gasteiger partial charge in [-0.15, -0.1) is 0 Å². The first-order valence-corrected chi connectivity index (χ1v) is 9.41. The second-order valence-electron chi connectivity index (χ2n) is 6.66. The van der Waals surface area contributed by atoms with Gasteiger partial charge in [-0.1, -0.05) is 43.2 Å². The van der Waals surface area contributed by atoms with Crippen molar-refractivity contribution in [3.8, 4) is 17.0 Å². The highest BCUT2D eigenvalue weighted by atomic mass is 16.5. The Balaban J connectivity index is 1.69. The average Bonchev–Trinajstić information content (AvgIpc) is 2.70. The fraction of sp³-hybridized carbons (Fsp3) is 0.217. The molecule has 5 nitrogen and oxygen atoms in total. The lowest BCUT2D eigenvalue weighted by atomic mass is 10.1. The van der Waals surface area contributed by atoms with E-state index in [-0.39, 0.29) is 5.56 Å². The van der Waals surface area contributed by atoms with Gasteiger partial charge < -0.3 is 15.0 Å². The molecular formula is C23H24N2O3. The first-order chi connectivity index (χ1) is 13.6. The smallest absolute Gasteiger partial charge is 0.261 e. The van der Waals surface area contributed by atoms with Crippen molar-refractivity contribution in [3.05, 3.63) is 82.1 Å². The number of ether oxygens (including phenoxy) is 1. The van der Waals surface area contributed by atoms with E-state index >= 15 is 0 Å². The fourth-order valence-corrected chi connectivity index (χ4v) is 2.72. The minimum Gasteiger partial charge on any atom is -0.494 e. The van der Waals surface area contributed by atoms with Crippen LogP contribution in [0.2, 0.25) is 0 Å². The van der Waals surface area contributed by atoms with E-state index in [9.17, 15) is 9.59 Å². The minimum absolute atomic E-state index is 0.0686. The number of carbonyl (C=O) groups excluding carboxylic acids is 1. The number of rotatable bonds is 7. The summed E-state index contributed by atoms with van der Waals surface area (Å²) in [4.78, 5) is 27.6. The number of anilines is 1. The molecule has 28 heavy (non-hydrogen) atoms. The van der Waals surface area contributed by atoms with Crippen molar-refractivity contribution in [2.45, 2.75) is 26.7 Å². The molecule has 0 bridgehead atoms. The number of aromatic amines is 1. The molecule has 5 heteroatoms. The molecule has 0 saturated carbocycles. The van der Waals surface area contributed by atoms with Crippen molar-refractivity contribution in [2.75, 3.05) is 11.9 Å². The molecule has 1 amide bonds. The summed E-state index contributed by atoms with van der Waals surface area (Å²) < 4.78 is 5.60. The molecular weight excluding hydrogens is 352 g/mol. The lowest BCUT2D eigenvalue weighted by Gasteiger charge is -2.08. The van der Waals surface area contributed by atoms with Crippen LogP contribution in [-0.4, -0.2) is 17.5 Å². The van der Waals surface area contributed by atoms with E-state index in [4.69, 9.17) is 4.74 Å². The summed E-state index contributed by atoms with van der Waals surface area (Å²) in [5.74, 6) is 0.308. The van der Waals surface area contributed by atoms with Crippen LogP contribution in [0.3, 0.4) is 0 Å². The number of aromatic nitrogens is 1. The number of amides is 1. The second-order valence-corrected chi connectivity index (χ2v) is 6.66. The van der Waals surface area contributed by atoms with Crippen LogP contribution < -0.4 is 15.6 Å². The van der Waals surface area contributed by atoms with Crippen molar-refractivity contribution in [1.29, 1.82) is 0 Å². The Morgan fingerprint density at radius 3 is 2.36 bits per heavy atom. The minimum atomic E-state index is -0.448. The highest BCUT2D eigenvalue weighted by Gasteiger charge is 2.12. The van der Waals surface area contributed by atoms with E-state index < -0.39 is 11.5 Å². The second kappa shape index (κ2) is 9.04. The van der Waals surface area contributed by atoms with Gasteiger partial charge in [0.25, 0.3) is 11.5 Å². The van der Waals surface area contributed by atoms with Gasteiger partial charge in [0.1, 0.15) is 11.3 Å². The van der Waals surface area contributed by atoms with Crippen LogP contribution in [0.25, 0.3) is 11.3 Å². The zero-order chi connectivity index (χ0) is 19.9. The van der Waals surface area contributed by atoms with Crippen LogP contribution in [0, 0.1) is 6.92 Å². The van der Waals surface area contributed by atoms with Gasteiger partial charge in [0.15, 0.2) is 0 Å². The number of pyridine rings is 1. The van der Waals surface area contributed by atoms with E-state index in [1.807, 2.05) is 31.2 Å². The Morgan fingerprint density at radius 2 is 1.71 bits per heavy atom. The monoisotopic (exact) mass is 376 g/mol. The third-order valence-electron chi connectivity index (χ3n) is 4.40. The van der Waals surface area contributed by atoms with Gasteiger partial charge in [0, 0.05) is 11.4 Å². The number of nitrogens with one attached hydrogen (secondary N) is 2. The maximum atomic E-state index is 12.5. The predicted molar refractivity (Wildman–Crippen MR) is 112 cm³/mol. The van der Waals surface area contributed by atoms with Crippen LogP contribution in [0.15, 0.2) is 65.5 Å². The molecule has 0 spiro atoms. The molecule has 0 unspecified atom stereocenters. The fourth-order valence-electron chi connectivity index (χ4n) is 2.72. The molecule has 1 heterocycles. The number of carbonyl (C=O) groups is 1. The first kappa shape index (κ1) is 19.4. The van der Waals surface area contributed by atoms with Gasteiger partial charge in [-0.25, -0.2) is 0 Å². The van der Waals surface area contributed by atoms with Crippen LogP contribution in [0.1, 0.15) is 35.7 Å². The number of unbranched alkanes of at least 4 members (excludes halogenated alkanes) is 1. The Bertz CT molecular complexity index is 990. The molecule has 0 aliphatic carbocycles. The normalized spacial score (nSPS) is 10.5. The first-order valence-electron chi connectivity index (χ1n) is 9.41. The molecule has 2 N–H and O–H groups in total. The van der Waals surface area contributed by atoms with E-state index in [0.717, 1.165) is 29.7 Å². The molecule has 2 aromatic carbocycles. The molecule has 3 rings (SSSR count). The lowest BCUT2D eigenvalue weighted by molar-refractivity contribution is 0.102. The molecule has 144 valence electrons. The molecule has 0 atom stereocenters. The highest BCUT2D eigenvalue weighted by Crippen LogP contribution is 2.18. The summed E-state index contributed by atoms with van der Waals surface area (Å²) in [5.41, 5.74) is 2.97. The average molecular weight is 376 g/mol. The summed E-state index contributed by atoms with van der Waals surface area (Å²) in [7, 11) is 0. The molecule has 0 saturated heterocycles. The van der Waals surface area contributed by atoms with Gasteiger partial charge >= 0.3 is 0 Å². The molecule has 0 fully saturated rings. The largest absolute Gasteiger partial charge is 0.494 e. The van der Waals surface area contributed by atoms with Crippen LogP contribution in [-0.2, 0) is 0 Å². The van der Waals surface area contributed by atoms with E-state index in [2.05, 4.69) is 17.2 Å². The molecule has 0 radical (unpaired) electrons.